The van der Waals surface area contributed by atoms with Crippen molar-refractivity contribution in [2.24, 2.45) is 0 Å². The molecule has 0 saturated heterocycles. The number of hydrogen-bond acceptors (Lipinski definition) is 1. The van der Waals surface area contributed by atoms with Gasteiger partial charge in [-0.3, -0.25) is 0 Å². The second kappa shape index (κ2) is 13.7. The lowest BCUT2D eigenvalue weighted by atomic mass is 9.88. The molecule has 10 rings (SSSR count). The molecule has 0 saturated carbocycles. The van der Waals surface area contributed by atoms with Crippen molar-refractivity contribution in [1.29, 1.82) is 0 Å². The molecule has 258 valence electrons. The van der Waals surface area contributed by atoms with Gasteiger partial charge < -0.3 is 9.47 Å². The van der Waals surface area contributed by atoms with E-state index >= 15 is 0 Å². The minimum absolute atomic E-state index is 0.592. The summed E-state index contributed by atoms with van der Waals surface area (Å²) in [6, 6.07) is 68.9. The number of benzene rings is 8. The maximum Gasteiger partial charge on any atom is 0.0619 e. The fourth-order valence-electron chi connectivity index (χ4n) is 8.56. The Kier molecular flexibility index (Phi) is 8.15. The van der Waals surface area contributed by atoms with Crippen LogP contribution in [0.3, 0.4) is 0 Å². The summed E-state index contributed by atoms with van der Waals surface area (Å²) in [5.74, 6) is 0.592. The lowest BCUT2D eigenvalue weighted by Crippen LogP contribution is -2.10. The van der Waals surface area contributed by atoms with E-state index in [9.17, 15) is 0 Å². The van der Waals surface area contributed by atoms with E-state index in [4.69, 9.17) is 0 Å². The quantitative estimate of drug-likeness (QED) is 0.151. The zero-order valence-corrected chi connectivity index (χ0v) is 30.1. The lowest BCUT2D eigenvalue weighted by molar-refractivity contribution is 0.617. The summed E-state index contributed by atoms with van der Waals surface area (Å²) in [5, 5.41) is 5.05. The Morgan fingerprint density at radius 2 is 1.06 bits per heavy atom. The minimum Gasteiger partial charge on any atom is -0.311 e. The predicted molar refractivity (Wildman–Crippen MR) is 230 cm³/mol. The van der Waals surface area contributed by atoms with Gasteiger partial charge in [-0.1, -0.05) is 152 Å². The Morgan fingerprint density at radius 1 is 0.444 bits per heavy atom. The van der Waals surface area contributed by atoms with Crippen LogP contribution in [-0.2, 0) is 0 Å². The van der Waals surface area contributed by atoms with Crippen LogP contribution in [0.1, 0.15) is 30.7 Å². The molecule has 2 nitrogen and oxygen atoms in total. The van der Waals surface area contributed by atoms with Crippen LogP contribution >= 0.6 is 0 Å². The molecule has 1 aliphatic rings. The van der Waals surface area contributed by atoms with Crippen LogP contribution in [-0.4, -0.2) is 4.57 Å². The normalized spacial score (nSPS) is 14.2. The number of rotatable bonds is 7. The van der Waals surface area contributed by atoms with Crippen LogP contribution in [0.15, 0.2) is 200 Å². The number of fused-ring (bicyclic) bond motifs is 5. The van der Waals surface area contributed by atoms with Crippen molar-refractivity contribution in [1.82, 2.24) is 4.57 Å². The molecule has 1 aromatic heterocycles. The first-order valence-electron chi connectivity index (χ1n) is 19.1. The van der Waals surface area contributed by atoms with Crippen LogP contribution in [0.25, 0.3) is 60.5 Å². The van der Waals surface area contributed by atoms with E-state index in [-0.39, 0.29) is 0 Å². The number of aromatic nitrogens is 1. The maximum atomic E-state index is 2.47. The number of para-hydroxylation sites is 2. The second-order valence-electron chi connectivity index (χ2n) is 14.4. The molecule has 0 amide bonds. The molecule has 0 radical (unpaired) electrons. The molecule has 1 unspecified atom stereocenters. The molecule has 0 aliphatic heterocycles. The van der Waals surface area contributed by atoms with Crippen molar-refractivity contribution in [2.45, 2.75) is 25.2 Å². The topological polar surface area (TPSA) is 8.17 Å². The van der Waals surface area contributed by atoms with Crippen molar-refractivity contribution in [3.8, 4) is 27.9 Å². The molecule has 2 heteroatoms. The zero-order chi connectivity index (χ0) is 35.8. The van der Waals surface area contributed by atoms with Gasteiger partial charge in [-0.15, -0.1) is 0 Å². The Hall–Kier alpha value is -6.64. The van der Waals surface area contributed by atoms with Crippen molar-refractivity contribution in [3.05, 3.63) is 206 Å². The predicted octanol–water partition coefficient (Wildman–Crippen LogP) is 14.6. The molecule has 0 spiro atoms. The monoisotopic (exact) mass is 692 g/mol. The highest BCUT2D eigenvalue weighted by molar-refractivity contribution is 6.18. The molecule has 0 N–H and O–H groups in total. The van der Waals surface area contributed by atoms with Crippen LogP contribution in [0, 0.1) is 0 Å². The molecule has 9 aromatic rings. The van der Waals surface area contributed by atoms with E-state index in [1.54, 1.807) is 0 Å². The Balaban J connectivity index is 1.07. The average molecular weight is 693 g/mol. The SMILES string of the molecule is C1=CCC(c2ccc(N(c3ccc(-c4ccccc4)cc3)c3ccc(-c4ccccc4-n4c5ccccc5c5ccc6ccccc6c54)cc3)cc2)CC1. The summed E-state index contributed by atoms with van der Waals surface area (Å²) in [6.07, 6.45) is 8.16. The molecular weight excluding hydrogens is 653 g/mol. The standard InChI is InChI=1S/C52H40N2/c1-3-13-37(14-4-1)39-23-30-43(31-24-39)53(44-32-25-40(26-33-44)38-15-5-2-6-16-38)45-34-27-42(28-35-45)46-18-9-11-21-50(46)54-51-22-12-10-20-48(51)49-36-29-41-17-7-8-19-47(41)52(49)54/h1-5,7-14,17-36,38H,6,15-16H2. The number of nitrogens with zero attached hydrogens (tertiary/aromatic N) is 2. The highest BCUT2D eigenvalue weighted by Crippen LogP contribution is 2.41. The maximum absolute atomic E-state index is 2.47. The highest BCUT2D eigenvalue weighted by Gasteiger charge is 2.19. The summed E-state index contributed by atoms with van der Waals surface area (Å²) < 4.78 is 2.47. The molecule has 54 heavy (non-hydrogen) atoms. The third kappa shape index (κ3) is 5.68. The molecule has 1 atom stereocenters. The van der Waals surface area contributed by atoms with Crippen molar-refractivity contribution < 1.29 is 0 Å². The molecule has 8 aromatic carbocycles. The van der Waals surface area contributed by atoms with Gasteiger partial charge in [0.1, 0.15) is 0 Å². The Morgan fingerprint density at radius 3 is 1.80 bits per heavy atom. The Labute approximate surface area is 316 Å². The third-order valence-electron chi connectivity index (χ3n) is 11.3. The molecule has 1 aliphatic carbocycles. The van der Waals surface area contributed by atoms with Gasteiger partial charge in [0.2, 0.25) is 0 Å². The molecule has 0 fully saturated rings. The van der Waals surface area contributed by atoms with Crippen molar-refractivity contribution >= 4 is 49.6 Å². The first kappa shape index (κ1) is 32.0. The molecule has 0 bridgehead atoms. The molecular formula is C52H40N2. The fraction of sp³-hybridized carbons (Fsp3) is 0.0769. The third-order valence-corrected chi connectivity index (χ3v) is 11.3. The second-order valence-corrected chi connectivity index (χ2v) is 14.4. The van der Waals surface area contributed by atoms with Crippen molar-refractivity contribution in [3.63, 3.8) is 0 Å². The highest BCUT2D eigenvalue weighted by atomic mass is 15.1. The zero-order valence-electron chi connectivity index (χ0n) is 30.1. The Bertz CT molecular complexity index is 2770. The van der Waals surface area contributed by atoms with Gasteiger partial charge in [-0.2, -0.15) is 0 Å². The van der Waals surface area contributed by atoms with Gasteiger partial charge in [0.05, 0.1) is 16.7 Å². The van der Waals surface area contributed by atoms with Gasteiger partial charge in [-0.05, 0) is 101 Å². The minimum atomic E-state index is 0.592. The van der Waals surface area contributed by atoms with Gasteiger partial charge in [0.25, 0.3) is 0 Å². The number of anilines is 3. The summed E-state index contributed by atoms with van der Waals surface area (Å²) in [5.41, 5.74) is 13.3. The van der Waals surface area contributed by atoms with Crippen LogP contribution in [0.4, 0.5) is 17.1 Å². The van der Waals surface area contributed by atoms with E-state index in [0.717, 1.165) is 29.9 Å². The first-order chi connectivity index (χ1) is 26.8. The van der Waals surface area contributed by atoms with Gasteiger partial charge >= 0.3 is 0 Å². The van der Waals surface area contributed by atoms with Gasteiger partial charge in [0, 0.05) is 38.8 Å². The van der Waals surface area contributed by atoms with E-state index in [1.807, 2.05) is 0 Å². The summed E-state index contributed by atoms with van der Waals surface area (Å²) in [4.78, 5) is 2.38. The fourth-order valence-corrected chi connectivity index (χ4v) is 8.56. The lowest BCUT2D eigenvalue weighted by Gasteiger charge is -2.27. The largest absolute Gasteiger partial charge is 0.311 e. The van der Waals surface area contributed by atoms with E-state index < -0.39 is 0 Å². The van der Waals surface area contributed by atoms with Crippen LogP contribution in [0.2, 0.25) is 0 Å². The van der Waals surface area contributed by atoms with Crippen LogP contribution < -0.4 is 4.90 Å². The summed E-state index contributed by atoms with van der Waals surface area (Å²) in [7, 11) is 0. The van der Waals surface area contributed by atoms with E-state index in [2.05, 4.69) is 210 Å². The summed E-state index contributed by atoms with van der Waals surface area (Å²) >= 11 is 0. The molecule has 1 heterocycles. The first-order valence-corrected chi connectivity index (χ1v) is 19.1. The average Bonchev–Trinajstić information content (AvgIpc) is 3.60. The number of hydrogen-bond donors (Lipinski definition) is 0. The van der Waals surface area contributed by atoms with Gasteiger partial charge in [0.15, 0.2) is 0 Å². The smallest absolute Gasteiger partial charge is 0.0619 e. The van der Waals surface area contributed by atoms with E-state index in [0.29, 0.717) is 5.92 Å². The van der Waals surface area contributed by atoms with Crippen molar-refractivity contribution in [2.75, 3.05) is 4.90 Å². The van der Waals surface area contributed by atoms with E-state index in [1.165, 1.54) is 72.5 Å². The number of allylic oxidation sites excluding steroid dienone is 2. The van der Waals surface area contributed by atoms with Gasteiger partial charge in [-0.25, -0.2) is 0 Å². The summed E-state index contributed by atoms with van der Waals surface area (Å²) in [6.45, 7) is 0. The van der Waals surface area contributed by atoms with Crippen LogP contribution in [0.5, 0.6) is 0 Å².